The predicted octanol–water partition coefficient (Wildman–Crippen LogP) is 6.08. The zero-order chi connectivity index (χ0) is 18.1. The van der Waals surface area contributed by atoms with Crippen molar-refractivity contribution in [1.29, 1.82) is 0 Å². The number of para-hydroxylation sites is 1. The fourth-order valence-corrected chi connectivity index (χ4v) is 3.84. The average Bonchev–Trinajstić information content (AvgIpc) is 2.44. The molecule has 0 aromatic heterocycles. The van der Waals surface area contributed by atoms with E-state index in [2.05, 4.69) is 62.4 Å². The Bertz CT molecular complexity index is 724. The Labute approximate surface area is 154 Å². The molecule has 0 atom stereocenters. The minimum Gasteiger partial charge on any atom is -0.361 e. The largest absolute Gasteiger partial charge is 0.361 e. The lowest BCUT2D eigenvalue weighted by molar-refractivity contribution is 0.103. The molecule has 0 saturated carbocycles. The molecule has 0 aliphatic carbocycles. The number of hydrogen-bond acceptors (Lipinski definition) is 2. The lowest BCUT2D eigenvalue weighted by Gasteiger charge is -2.48. The number of ketones is 1. The van der Waals surface area contributed by atoms with Crippen LogP contribution in [0.15, 0.2) is 53.0 Å². The number of nitrogens with zero attached hydrogens (tertiary/aromatic N) is 1. The van der Waals surface area contributed by atoms with Crippen molar-refractivity contribution in [2.75, 3.05) is 4.90 Å². The Balaban J connectivity index is 2.63. The van der Waals surface area contributed by atoms with Gasteiger partial charge in [-0.2, -0.15) is 0 Å². The van der Waals surface area contributed by atoms with Gasteiger partial charge in [0.25, 0.3) is 0 Å². The number of benzene rings is 2. The molecule has 2 rings (SSSR count). The number of rotatable bonds is 3. The number of halogens is 1. The van der Waals surface area contributed by atoms with E-state index in [4.69, 9.17) is 0 Å². The molecule has 0 heterocycles. The molecule has 0 radical (unpaired) electrons. The van der Waals surface area contributed by atoms with Crippen molar-refractivity contribution in [3.05, 3.63) is 64.1 Å². The molecule has 0 aliphatic rings. The fraction of sp³-hybridized carbons (Fsp3) is 0.381. The Kier molecular flexibility index (Phi) is 5.24. The van der Waals surface area contributed by atoms with Crippen molar-refractivity contribution in [2.45, 2.75) is 52.6 Å². The molecular weight excluding hydrogens is 362 g/mol. The SMILES string of the molecule is CC(C)(C)N(c1ccccc1C(=O)c1ccccc1Br)C(C)(C)C. The highest BCUT2D eigenvalue weighted by atomic mass is 79.9. The van der Waals surface area contributed by atoms with Gasteiger partial charge in [0.1, 0.15) is 0 Å². The van der Waals surface area contributed by atoms with Crippen molar-refractivity contribution < 1.29 is 4.79 Å². The predicted molar refractivity (Wildman–Crippen MR) is 106 cm³/mol. The van der Waals surface area contributed by atoms with Gasteiger partial charge in [0.05, 0.1) is 0 Å². The molecule has 0 N–H and O–H groups in total. The number of anilines is 1. The van der Waals surface area contributed by atoms with E-state index in [9.17, 15) is 4.79 Å². The molecular formula is C21H26BrNO. The summed E-state index contributed by atoms with van der Waals surface area (Å²) in [5, 5.41) is 0. The first-order chi connectivity index (χ1) is 11.0. The topological polar surface area (TPSA) is 20.3 Å². The molecule has 24 heavy (non-hydrogen) atoms. The van der Waals surface area contributed by atoms with Crippen molar-refractivity contribution in [1.82, 2.24) is 0 Å². The van der Waals surface area contributed by atoms with E-state index in [0.29, 0.717) is 5.56 Å². The van der Waals surface area contributed by atoms with Crippen molar-refractivity contribution in [3.63, 3.8) is 0 Å². The van der Waals surface area contributed by atoms with Crippen LogP contribution < -0.4 is 4.90 Å². The average molecular weight is 388 g/mol. The summed E-state index contributed by atoms with van der Waals surface area (Å²) >= 11 is 3.50. The summed E-state index contributed by atoms with van der Waals surface area (Å²) in [4.78, 5) is 15.5. The first kappa shape index (κ1) is 18.7. The molecule has 2 aromatic carbocycles. The van der Waals surface area contributed by atoms with Crippen molar-refractivity contribution >= 4 is 27.4 Å². The summed E-state index contributed by atoms with van der Waals surface area (Å²) in [6.07, 6.45) is 0. The first-order valence-electron chi connectivity index (χ1n) is 8.22. The van der Waals surface area contributed by atoms with Crippen molar-refractivity contribution in [3.8, 4) is 0 Å². The Morgan fingerprint density at radius 1 is 0.792 bits per heavy atom. The molecule has 0 amide bonds. The van der Waals surface area contributed by atoms with Crippen LogP contribution in [0.3, 0.4) is 0 Å². The molecule has 0 bridgehead atoms. The van der Waals surface area contributed by atoms with E-state index in [-0.39, 0.29) is 16.9 Å². The summed E-state index contributed by atoms with van der Waals surface area (Å²) in [5.74, 6) is 0.0385. The van der Waals surface area contributed by atoms with Gasteiger partial charge in [-0.25, -0.2) is 0 Å². The van der Waals surface area contributed by atoms with Crippen LogP contribution in [0.4, 0.5) is 5.69 Å². The molecule has 2 nitrogen and oxygen atoms in total. The molecule has 3 heteroatoms. The molecule has 2 aromatic rings. The Morgan fingerprint density at radius 3 is 1.75 bits per heavy atom. The maximum atomic E-state index is 13.2. The van der Waals surface area contributed by atoms with Gasteiger partial charge in [-0.05, 0) is 65.8 Å². The van der Waals surface area contributed by atoms with E-state index in [1.807, 2.05) is 48.5 Å². The summed E-state index contributed by atoms with van der Waals surface area (Å²) in [6, 6.07) is 15.5. The second-order valence-electron chi connectivity index (χ2n) is 8.00. The molecule has 0 saturated heterocycles. The highest BCUT2D eigenvalue weighted by molar-refractivity contribution is 9.10. The van der Waals surface area contributed by atoms with E-state index >= 15 is 0 Å². The van der Waals surface area contributed by atoms with Crippen LogP contribution in [-0.4, -0.2) is 16.9 Å². The zero-order valence-corrected chi connectivity index (χ0v) is 16.9. The maximum absolute atomic E-state index is 13.2. The third-order valence-corrected chi connectivity index (χ3v) is 4.54. The zero-order valence-electron chi connectivity index (χ0n) is 15.4. The summed E-state index contributed by atoms with van der Waals surface area (Å²) < 4.78 is 0.822. The molecule has 0 spiro atoms. The fourth-order valence-electron chi connectivity index (χ4n) is 3.38. The van der Waals surface area contributed by atoms with Crippen LogP contribution in [0.1, 0.15) is 57.5 Å². The van der Waals surface area contributed by atoms with Gasteiger partial charge in [-0.15, -0.1) is 0 Å². The first-order valence-corrected chi connectivity index (χ1v) is 9.01. The molecule has 128 valence electrons. The van der Waals surface area contributed by atoms with Crippen LogP contribution in [0.25, 0.3) is 0 Å². The van der Waals surface area contributed by atoms with Gasteiger partial charge in [0.15, 0.2) is 5.78 Å². The van der Waals surface area contributed by atoms with Crippen LogP contribution in [0, 0.1) is 0 Å². The minimum absolute atomic E-state index is 0.0385. The minimum atomic E-state index is -0.109. The maximum Gasteiger partial charge on any atom is 0.196 e. The monoisotopic (exact) mass is 387 g/mol. The smallest absolute Gasteiger partial charge is 0.196 e. The van der Waals surface area contributed by atoms with E-state index < -0.39 is 0 Å². The van der Waals surface area contributed by atoms with Gasteiger partial charge < -0.3 is 4.90 Å². The Hall–Kier alpha value is -1.61. The highest BCUT2D eigenvalue weighted by Gasteiger charge is 2.34. The van der Waals surface area contributed by atoms with Crippen LogP contribution in [0.5, 0.6) is 0 Å². The van der Waals surface area contributed by atoms with E-state index in [1.165, 1.54) is 0 Å². The second kappa shape index (κ2) is 6.72. The second-order valence-corrected chi connectivity index (χ2v) is 8.86. The van der Waals surface area contributed by atoms with Crippen LogP contribution in [0.2, 0.25) is 0 Å². The third-order valence-electron chi connectivity index (χ3n) is 3.85. The van der Waals surface area contributed by atoms with Crippen LogP contribution >= 0.6 is 15.9 Å². The molecule has 0 aliphatic heterocycles. The third kappa shape index (κ3) is 3.89. The van der Waals surface area contributed by atoms with E-state index in [1.54, 1.807) is 0 Å². The highest BCUT2D eigenvalue weighted by Crippen LogP contribution is 2.35. The molecule has 0 fully saturated rings. The summed E-state index contributed by atoms with van der Waals surface area (Å²) in [7, 11) is 0. The summed E-state index contributed by atoms with van der Waals surface area (Å²) in [5.41, 5.74) is 2.17. The summed E-state index contributed by atoms with van der Waals surface area (Å²) in [6.45, 7) is 13.1. The number of carbonyl (C=O) groups is 1. The Morgan fingerprint density at radius 2 is 1.25 bits per heavy atom. The number of hydrogen-bond donors (Lipinski definition) is 0. The quantitative estimate of drug-likeness (QED) is 0.594. The van der Waals surface area contributed by atoms with Gasteiger partial charge >= 0.3 is 0 Å². The van der Waals surface area contributed by atoms with Crippen LogP contribution in [-0.2, 0) is 0 Å². The van der Waals surface area contributed by atoms with Crippen molar-refractivity contribution in [2.24, 2.45) is 0 Å². The van der Waals surface area contributed by atoms with Gasteiger partial charge in [0.2, 0.25) is 0 Å². The lowest BCUT2D eigenvalue weighted by atomic mass is 9.91. The standard InChI is InChI=1S/C21H26BrNO/c1-20(2,3)23(21(4,5)6)18-14-10-8-12-16(18)19(24)15-11-7-9-13-17(15)22/h7-14H,1-6H3. The van der Waals surface area contributed by atoms with Gasteiger partial charge in [-0.1, -0.05) is 40.2 Å². The molecule has 0 unspecified atom stereocenters. The van der Waals surface area contributed by atoms with Gasteiger partial charge in [0, 0.05) is 32.4 Å². The lowest BCUT2D eigenvalue weighted by Crippen LogP contribution is -2.53. The normalized spacial score (nSPS) is 12.1. The van der Waals surface area contributed by atoms with Gasteiger partial charge in [-0.3, -0.25) is 4.79 Å². The van der Waals surface area contributed by atoms with E-state index in [0.717, 1.165) is 15.7 Å². The number of carbonyl (C=O) groups excluding carboxylic acids is 1.